The van der Waals surface area contributed by atoms with Crippen LogP contribution in [0.3, 0.4) is 0 Å². The van der Waals surface area contributed by atoms with E-state index in [4.69, 9.17) is 5.73 Å². The summed E-state index contributed by atoms with van der Waals surface area (Å²) in [6.07, 6.45) is -3.35. The van der Waals surface area contributed by atoms with Gasteiger partial charge < -0.3 is 15.4 Å². The lowest BCUT2D eigenvalue weighted by Gasteiger charge is -2.42. The maximum Gasteiger partial charge on any atom is 0.411 e. The van der Waals surface area contributed by atoms with Crippen LogP contribution in [0.5, 0.6) is 0 Å². The summed E-state index contributed by atoms with van der Waals surface area (Å²) in [5, 5.41) is 0. The van der Waals surface area contributed by atoms with Gasteiger partial charge in [0.05, 0.1) is 6.61 Å². The molecule has 3 nitrogen and oxygen atoms in total. The van der Waals surface area contributed by atoms with Gasteiger partial charge in [-0.05, 0) is 18.4 Å². The molecular weight excluding hydrogens is 233 g/mol. The quantitative estimate of drug-likeness (QED) is 0.775. The molecule has 17 heavy (non-hydrogen) atoms. The van der Waals surface area contributed by atoms with E-state index in [0.29, 0.717) is 6.54 Å². The lowest BCUT2D eigenvalue weighted by Crippen LogP contribution is -2.53. The molecule has 1 aliphatic rings. The van der Waals surface area contributed by atoms with Crippen molar-refractivity contribution in [2.45, 2.75) is 32.5 Å². The standard InChI is InChI=1S/C11H21F3N2O/c1-10(2)7-16(4-3-9(10)15)5-6-17-8-11(12,13)14/h9H,3-8,15H2,1-2H3. The maximum atomic E-state index is 11.8. The molecule has 1 heterocycles. The number of alkyl halides is 3. The van der Waals surface area contributed by atoms with Crippen molar-refractivity contribution >= 4 is 0 Å². The summed E-state index contributed by atoms with van der Waals surface area (Å²) in [4.78, 5) is 2.11. The average molecular weight is 254 g/mol. The minimum atomic E-state index is -4.23. The number of piperidine rings is 1. The largest absolute Gasteiger partial charge is 0.411 e. The molecule has 1 fully saturated rings. The summed E-state index contributed by atoms with van der Waals surface area (Å²) in [5.41, 5.74) is 6.00. The third-order valence-corrected chi connectivity index (χ3v) is 3.21. The lowest BCUT2D eigenvalue weighted by molar-refractivity contribution is -0.175. The predicted octanol–water partition coefficient (Wildman–Crippen LogP) is 1.62. The van der Waals surface area contributed by atoms with Gasteiger partial charge in [0, 0.05) is 19.1 Å². The molecule has 1 saturated heterocycles. The summed E-state index contributed by atoms with van der Waals surface area (Å²) in [7, 11) is 0. The summed E-state index contributed by atoms with van der Waals surface area (Å²) in [6, 6.07) is 0.162. The van der Waals surface area contributed by atoms with Gasteiger partial charge in [-0.15, -0.1) is 0 Å². The molecule has 6 heteroatoms. The Labute approximate surface area is 100 Å². The summed E-state index contributed by atoms with van der Waals surface area (Å²) < 4.78 is 40.1. The Kier molecular flexibility index (Phi) is 4.80. The third kappa shape index (κ3) is 5.23. The van der Waals surface area contributed by atoms with Crippen LogP contribution in [0.4, 0.5) is 13.2 Å². The highest BCUT2D eigenvalue weighted by Crippen LogP contribution is 2.27. The first kappa shape index (κ1) is 14.7. The van der Waals surface area contributed by atoms with Gasteiger partial charge in [0.15, 0.2) is 0 Å². The van der Waals surface area contributed by atoms with E-state index in [2.05, 4.69) is 23.5 Å². The van der Waals surface area contributed by atoms with Crippen LogP contribution in [0.15, 0.2) is 0 Å². The molecular formula is C11H21F3N2O. The van der Waals surface area contributed by atoms with Crippen molar-refractivity contribution in [1.29, 1.82) is 0 Å². The van der Waals surface area contributed by atoms with Gasteiger partial charge >= 0.3 is 6.18 Å². The van der Waals surface area contributed by atoms with Crippen LogP contribution in [-0.2, 0) is 4.74 Å². The Morgan fingerprint density at radius 1 is 1.41 bits per heavy atom. The monoisotopic (exact) mass is 254 g/mol. The topological polar surface area (TPSA) is 38.5 Å². The molecule has 1 unspecified atom stereocenters. The second-order valence-electron chi connectivity index (χ2n) is 5.33. The van der Waals surface area contributed by atoms with Gasteiger partial charge in [0.1, 0.15) is 6.61 Å². The molecule has 0 aromatic heterocycles. The van der Waals surface area contributed by atoms with E-state index in [1.807, 2.05) is 0 Å². The van der Waals surface area contributed by atoms with Gasteiger partial charge in [-0.1, -0.05) is 13.8 Å². The van der Waals surface area contributed by atoms with Crippen molar-refractivity contribution in [3.8, 4) is 0 Å². The van der Waals surface area contributed by atoms with Gasteiger partial charge in [-0.25, -0.2) is 0 Å². The highest BCUT2D eigenvalue weighted by atomic mass is 19.4. The molecule has 102 valence electrons. The molecule has 0 spiro atoms. The number of rotatable bonds is 4. The van der Waals surface area contributed by atoms with Gasteiger partial charge in [-0.2, -0.15) is 13.2 Å². The number of hydrogen-bond donors (Lipinski definition) is 1. The van der Waals surface area contributed by atoms with E-state index < -0.39 is 12.8 Å². The Morgan fingerprint density at radius 3 is 2.59 bits per heavy atom. The van der Waals surface area contributed by atoms with Crippen LogP contribution < -0.4 is 5.73 Å². The van der Waals surface area contributed by atoms with Gasteiger partial charge in [0.2, 0.25) is 0 Å². The van der Waals surface area contributed by atoms with Gasteiger partial charge in [-0.3, -0.25) is 0 Å². The van der Waals surface area contributed by atoms with Crippen LogP contribution in [0.25, 0.3) is 0 Å². The average Bonchev–Trinajstić information content (AvgIpc) is 2.16. The zero-order valence-corrected chi connectivity index (χ0v) is 10.4. The van der Waals surface area contributed by atoms with Crippen molar-refractivity contribution in [1.82, 2.24) is 4.90 Å². The molecule has 0 aliphatic carbocycles. The second-order valence-corrected chi connectivity index (χ2v) is 5.33. The smallest absolute Gasteiger partial charge is 0.371 e. The highest BCUT2D eigenvalue weighted by molar-refractivity contribution is 4.89. The Balaban J connectivity index is 2.21. The fraction of sp³-hybridized carbons (Fsp3) is 1.00. The van der Waals surface area contributed by atoms with Crippen LogP contribution in [0.2, 0.25) is 0 Å². The van der Waals surface area contributed by atoms with Gasteiger partial charge in [0.25, 0.3) is 0 Å². The van der Waals surface area contributed by atoms with Crippen LogP contribution in [0, 0.1) is 5.41 Å². The molecule has 0 amide bonds. The number of ether oxygens (including phenoxy) is 1. The molecule has 0 radical (unpaired) electrons. The fourth-order valence-electron chi connectivity index (χ4n) is 2.06. The minimum Gasteiger partial charge on any atom is -0.371 e. The Bertz CT molecular complexity index is 243. The van der Waals surface area contributed by atoms with Crippen molar-refractivity contribution in [2.75, 3.05) is 32.8 Å². The summed E-state index contributed by atoms with van der Waals surface area (Å²) >= 11 is 0. The molecule has 2 N–H and O–H groups in total. The van der Waals surface area contributed by atoms with E-state index in [9.17, 15) is 13.2 Å². The molecule has 0 bridgehead atoms. The second kappa shape index (κ2) is 5.54. The number of nitrogens with two attached hydrogens (primary N) is 1. The molecule has 1 rings (SSSR count). The normalized spacial score (nSPS) is 26.1. The summed E-state index contributed by atoms with van der Waals surface area (Å²) in [5.74, 6) is 0. The molecule has 0 aromatic rings. The SMILES string of the molecule is CC1(C)CN(CCOCC(F)(F)F)CCC1N. The van der Waals surface area contributed by atoms with E-state index in [1.165, 1.54) is 0 Å². The first-order chi connectivity index (χ1) is 7.71. The zero-order chi connectivity index (χ0) is 13.1. The number of halogens is 3. The van der Waals surface area contributed by atoms with E-state index in [-0.39, 0.29) is 18.1 Å². The van der Waals surface area contributed by atoms with Crippen molar-refractivity contribution < 1.29 is 17.9 Å². The molecule has 1 atom stereocenters. The number of hydrogen-bond acceptors (Lipinski definition) is 3. The minimum absolute atomic E-state index is 0.0161. The first-order valence-electron chi connectivity index (χ1n) is 5.83. The van der Waals surface area contributed by atoms with Crippen LogP contribution in [0.1, 0.15) is 20.3 Å². The van der Waals surface area contributed by atoms with Crippen molar-refractivity contribution in [3.05, 3.63) is 0 Å². The highest BCUT2D eigenvalue weighted by Gasteiger charge is 2.33. The van der Waals surface area contributed by atoms with E-state index in [0.717, 1.165) is 19.5 Å². The number of likely N-dealkylation sites (tertiary alicyclic amines) is 1. The first-order valence-corrected chi connectivity index (χ1v) is 5.83. The van der Waals surface area contributed by atoms with Crippen LogP contribution in [-0.4, -0.2) is 50.0 Å². The summed E-state index contributed by atoms with van der Waals surface area (Å²) in [6.45, 7) is 5.30. The number of nitrogens with zero attached hydrogens (tertiary/aromatic N) is 1. The molecule has 1 aliphatic heterocycles. The maximum absolute atomic E-state index is 11.8. The molecule has 0 aromatic carbocycles. The van der Waals surface area contributed by atoms with E-state index in [1.54, 1.807) is 0 Å². The zero-order valence-electron chi connectivity index (χ0n) is 10.4. The molecule has 0 saturated carbocycles. The Hall–Kier alpha value is -0.330. The van der Waals surface area contributed by atoms with E-state index >= 15 is 0 Å². The van der Waals surface area contributed by atoms with Crippen molar-refractivity contribution in [2.24, 2.45) is 11.1 Å². The third-order valence-electron chi connectivity index (χ3n) is 3.21. The van der Waals surface area contributed by atoms with Crippen LogP contribution >= 0.6 is 0 Å². The lowest BCUT2D eigenvalue weighted by atomic mass is 9.80. The van der Waals surface area contributed by atoms with Crippen molar-refractivity contribution in [3.63, 3.8) is 0 Å². The predicted molar refractivity (Wildman–Crippen MR) is 59.7 cm³/mol. The fourth-order valence-corrected chi connectivity index (χ4v) is 2.06. The Morgan fingerprint density at radius 2 is 2.06 bits per heavy atom.